The van der Waals surface area contributed by atoms with Crippen molar-refractivity contribution in [1.82, 2.24) is 10.6 Å². The standard InChI is InChI=1S/C12H22N2O/c1-2-3-6-10-14-12(15)11-8-5-4-7-9-13-11/h2-3,11,13H,4-10H2,1H3,(H,14,15)/b3-2+. The summed E-state index contributed by atoms with van der Waals surface area (Å²) >= 11 is 0. The summed E-state index contributed by atoms with van der Waals surface area (Å²) in [4.78, 5) is 11.7. The SMILES string of the molecule is C/C=C/CCNC(=O)C1CCCCCN1. The molecule has 1 aliphatic rings. The second-order valence-electron chi connectivity index (χ2n) is 4.00. The molecule has 0 spiro atoms. The predicted octanol–water partition coefficient (Wildman–Crippen LogP) is 1.60. The van der Waals surface area contributed by atoms with E-state index in [-0.39, 0.29) is 11.9 Å². The van der Waals surface area contributed by atoms with Gasteiger partial charge in [-0.1, -0.05) is 25.0 Å². The van der Waals surface area contributed by atoms with Crippen molar-refractivity contribution in [2.75, 3.05) is 13.1 Å². The highest BCUT2D eigenvalue weighted by Gasteiger charge is 2.18. The van der Waals surface area contributed by atoms with Crippen LogP contribution in [0.4, 0.5) is 0 Å². The number of nitrogens with one attached hydrogen (secondary N) is 2. The highest BCUT2D eigenvalue weighted by atomic mass is 16.2. The quantitative estimate of drug-likeness (QED) is 0.546. The Balaban J connectivity index is 2.19. The molecule has 0 aliphatic carbocycles. The molecule has 0 bridgehead atoms. The second kappa shape index (κ2) is 7.46. The van der Waals surface area contributed by atoms with Crippen LogP contribution in [0.2, 0.25) is 0 Å². The van der Waals surface area contributed by atoms with Crippen LogP contribution in [0.3, 0.4) is 0 Å². The molecule has 1 atom stereocenters. The van der Waals surface area contributed by atoms with Crippen molar-refractivity contribution in [3.63, 3.8) is 0 Å². The second-order valence-corrected chi connectivity index (χ2v) is 4.00. The fourth-order valence-corrected chi connectivity index (χ4v) is 1.82. The van der Waals surface area contributed by atoms with Crippen LogP contribution >= 0.6 is 0 Å². The zero-order valence-electron chi connectivity index (χ0n) is 9.59. The molecule has 1 aliphatic heterocycles. The van der Waals surface area contributed by atoms with Crippen LogP contribution < -0.4 is 10.6 Å². The van der Waals surface area contributed by atoms with Gasteiger partial charge in [-0.3, -0.25) is 4.79 Å². The van der Waals surface area contributed by atoms with Gasteiger partial charge in [0.1, 0.15) is 0 Å². The molecule has 0 aromatic carbocycles. The van der Waals surface area contributed by atoms with E-state index in [1.165, 1.54) is 19.3 Å². The summed E-state index contributed by atoms with van der Waals surface area (Å²) in [5, 5.41) is 6.25. The Bertz CT molecular complexity index is 206. The van der Waals surface area contributed by atoms with Crippen molar-refractivity contribution in [1.29, 1.82) is 0 Å². The number of hydrogen-bond acceptors (Lipinski definition) is 2. The fraction of sp³-hybridized carbons (Fsp3) is 0.750. The van der Waals surface area contributed by atoms with Gasteiger partial charge in [0, 0.05) is 6.54 Å². The third kappa shape index (κ3) is 4.98. The largest absolute Gasteiger partial charge is 0.354 e. The Morgan fingerprint density at radius 2 is 2.33 bits per heavy atom. The Morgan fingerprint density at radius 3 is 3.13 bits per heavy atom. The lowest BCUT2D eigenvalue weighted by molar-refractivity contribution is -0.123. The predicted molar refractivity (Wildman–Crippen MR) is 62.7 cm³/mol. The third-order valence-electron chi connectivity index (χ3n) is 2.72. The average molecular weight is 210 g/mol. The van der Waals surface area contributed by atoms with Gasteiger partial charge in [-0.15, -0.1) is 0 Å². The maximum Gasteiger partial charge on any atom is 0.237 e. The van der Waals surface area contributed by atoms with E-state index >= 15 is 0 Å². The fourth-order valence-electron chi connectivity index (χ4n) is 1.82. The molecule has 0 radical (unpaired) electrons. The highest BCUT2D eigenvalue weighted by Crippen LogP contribution is 2.08. The van der Waals surface area contributed by atoms with Gasteiger partial charge in [0.15, 0.2) is 0 Å². The Morgan fingerprint density at radius 1 is 1.47 bits per heavy atom. The first kappa shape index (κ1) is 12.2. The van der Waals surface area contributed by atoms with Gasteiger partial charge in [0.05, 0.1) is 6.04 Å². The molecular formula is C12H22N2O. The molecule has 1 fully saturated rings. The molecular weight excluding hydrogens is 188 g/mol. The number of rotatable bonds is 4. The van der Waals surface area contributed by atoms with E-state index in [2.05, 4.69) is 16.7 Å². The molecule has 0 aromatic heterocycles. The maximum atomic E-state index is 11.7. The molecule has 0 saturated carbocycles. The summed E-state index contributed by atoms with van der Waals surface area (Å²) in [6, 6.07) is 0.0399. The minimum absolute atomic E-state index is 0.0399. The summed E-state index contributed by atoms with van der Waals surface area (Å²) < 4.78 is 0. The molecule has 1 heterocycles. The topological polar surface area (TPSA) is 41.1 Å². The summed E-state index contributed by atoms with van der Waals surface area (Å²) in [7, 11) is 0. The molecule has 1 unspecified atom stereocenters. The lowest BCUT2D eigenvalue weighted by Crippen LogP contribution is -2.43. The highest BCUT2D eigenvalue weighted by molar-refractivity contribution is 5.81. The lowest BCUT2D eigenvalue weighted by atomic mass is 10.1. The molecule has 3 nitrogen and oxygen atoms in total. The van der Waals surface area contributed by atoms with Gasteiger partial charge in [0.2, 0.25) is 5.91 Å². The first-order valence-corrected chi connectivity index (χ1v) is 5.97. The van der Waals surface area contributed by atoms with Crippen LogP contribution in [-0.4, -0.2) is 25.0 Å². The van der Waals surface area contributed by atoms with Crippen LogP contribution in [0.15, 0.2) is 12.2 Å². The zero-order valence-corrected chi connectivity index (χ0v) is 9.59. The number of allylic oxidation sites excluding steroid dienone is 1. The van der Waals surface area contributed by atoms with Crippen molar-refractivity contribution < 1.29 is 4.79 Å². The summed E-state index contributed by atoms with van der Waals surface area (Å²) in [6.07, 6.45) is 9.60. The molecule has 1 amide bonds. The summed E-state index contributed by atoms with van der Waals surface area (Å²) in [5.74, 6) is 0.168. The van der Waals surface area contributed by atoms with Crippen LogP contribution in [0.1, 0.15) is 39.0 Å². The van der Waals surface area contributed by atoms with Gasteiger partial charge in [-0.25, -0.2) is 0 Å². The first-order chi connectivity index (χ1) is 7.34. The van der Waals surface area contributed by atoms with Gasteiger partial charge >= 0.3 is 0 Å². The molecule has 86 valence electrons. The molecule has 1 saturated heterocycles. The minimum atomic E-state index is 0.0399. The van der Waals surface area contributed by atoms with E-state index in [1.54, 1.807) is 0 Å². The smallest absolute Gasteiger partial charge is 0.237 e. The molecule has 1 rings (SSSR count). The van der Waals surface area contributed by atoms with Gasteiger partial charge < -0.3 is 10.6 Å². The Labute approximate surface area is 92.3 Å². The van der Waals surface area contributed by atoms with E-state index in [9.17, 15) is 4.79 Å². The van der Waals surface area contributed by atoms with E-state index in [1.807, 2.05) is 13.0 Å². The average Bonchev–Trinajstić information content (AvgIpc) is 2.52. The van der Waals surface area contributed by atoms with Crippen molar-refractivity contribution in [2.45, 2.75) is 45.1 Å². The minimum Gasteiger partial charge on any atom is -0.354 e. The normalized spacial score (nSPS) is 22.6. The van der Waals surface area contributed by atoms with Crippen LogP contribution in [-0.2, 0) is 4.79 Å². The van der Waals surface area contributed by atoms with E-state index < -0.39 is 0 Å². The molecule has 0 aromatic rings. The first-order valence-electron chi connectivity index (χ1n) is 5.97. The van der Waals surface area contributed by atoms with Gasteiger partial charge in [-0.2, -0.15) is 0 Å². The summed E-state index contributed by atoms with van der Waals surface area (Å²) in [6.45, 7) is 3.73. The monoisotopic (exact) mass is 210 g/mol. The van der Waals surface area contributed by atoms with Gasteiger partial charge in [-0.05, 0) is 32.7 Å². The molecule has 3 heteroatoms. The van der Waals surface area contributed by atoms with E-state index in [0.717, 1.165) is 25.9 Å². The molecule has 15 heavy (non-hydrogen) atoms. The van der Waals surface area contributed by atoms with Crippen LogP contribution in [0.5, 0.6) is 0 Å². The van der Waals surface area contributed by atoms with Crippen LogP contribution in [0, 0.1) is 0 Å². The third-order valence-corrected chi connectivity index (χ3v) is 2.72. The number of carbonyl (C=O) groups is 1. The maximum absolute atomic E-state index is 11.7. The Hall–Kier alpha value is -0.830. The number of amides is 1. The Kier molecular flexibility index (Phi) is 6.09. The number of carbonyl (C=O) groups excluding carboxylic acids is 1. The van der Waals surface area contributed by atoms with E-state index in [0.29, 0.717) is 0 Å². The lowest BCUT2D eigenvalue weighted by Gasteiger charge is -2.14. The summed E-state index contributed by atoms with van der Waals surface area (Å²) in [5.41, 5.74) is 0. The van der Waals surface area contributed by atoms with Crippen molar-refractivity contribution in [3.05, 3.63) is 12.2 Å². The van der Waals surface area contributed by atoms with E-state index in [4.69, 9.17) is 0 Å². The van der Waals surface area contributed by atoms with Crippen molar-refractivity contribution in [3.8, 4) is 0 Å². The van der Waals surface area contributed by atoms with Crippen molar-refractivity contribution >= 4 is 5.91 Å². The molecule has 2 N–H and O–H groups in total. The van der Waals surface area contributed by atoms with Gasteiger partial charge in [0.25, 0.3) is 0 Å². The number of hydrogen-bond donors (Lipinski definition) is 2. The zero-order chi connectivity index (χ0) is 10.9. The van der Waals surface area contributed by atoms with Crippen molar-refractivity contribution in [2.24, 2.45) is 0 Å². The van der Waals surface area contributed by atoms with Crippen LogP contribution in [0.25, 0.3) is 0 Å².